The number of nitrogens with zero attached hydrogens (tertiary/aromatic N) is 2. The van der Waals surface area contributed by atoms with Gasteiger partial charge in [-0.1, -0.05) is 0 Å². The van der Waals surface area contributed by atoms with E-state index in [2.05, 4.69) is 0 Å². The number of fused-ring (bicyclic) bond motifs is 2. The second-order valence-corrected chi connectivity index (χ2v) is 6.53. The highest BCUT2D eigenvalue weighted by Crippen LogP contribution is 2.43. The summed E-state index contributed by atoms with van der Waals surface area (Å²) in [5.41, 5.74) is 0. The highest BCUT2D eigenvalue weighted by atomic mass is 16.4. The number of carbonyl (C=O) groups excluding carboxylic acids is 2. The lowest BCUT2D eigenvalue weighted by Crippen LogP contribution is -2.48. The molecule has 3 aliphatic rings. The quantitative estimate of drug-likeness (QED) is 0.813. The number of likely N-dealkylation sites (tertiary alicyclic amines) is 1. The summed E-state index contributed by atoms with van der Waals surface area (Å²) in [6.45, 7) is 2.75. The average molecular weight is 294 g/mol. The van der Waals surface area contributed by atoms with E-state index in [-0.39, 0.29) is 29.8 Å². The van der Waals surface area contributed by atoms with Crippen LogP contribution in [0, 0.1) is 11.8 Å². The Morgan fingerprint density at radius 1 is 1.14 bits per heavy atom. The molecule has 3 fully saturated rings. The minimum absolute atomic E-state index is 0.0142. The van der Waals surface area contributed by atoms with Crippen LogP contribution in [0.2, 0.25) is 0 Å². The van der Waals surface area contributed by atoms with Crippen LogP contribution >= 0.6 is 0 Å². The molecule has 3 rings (SSSR count). The summed E-state index contributed by atoms with van der Waals surface area (Å²) in [6.07, 6.45) is 3.96. The van der Waals surface area contributed by atoms with Crippen LogP contribution in [0.25, 0.3) is 0 Å². The Bertz CT molecular complexity index is 478. The van der Waals surface area contributed by atoms with Crippen molar-refractivity contribution in [1.82, 2.24) is 9.80 Å². The molecule has 21 heavy (non-hydrogen) atoms. The summed E-state index contributed by atoms with van der Waals surface area (Å²) in [6, 6.07) is -0.0380. The van der Waals surface area contributed by atoms with Gasteiger partial charge in [0.2, 0.25) is 11.8 Å². The lowest BCUT2D eigenvalue weighted by atomic mass is 9.89. The van der Waals surface area contributed by atoms with Gasteiger partial charge >= 0.3 is 5.97 Å². The van der Waals surface area contributed by atoms with Gasteiger partial charge in [-0.2, -0.15) is 0 Å². The van der Waals surface area contributed by atoms with Gasteiger partial charge in [-0.3, -0.25) is 14.4 Å². The number of amides is 2. The van der Waals surface area contributed by atoms with Gasteiger partial charge in [0.25, 0.3) is 0 Å². The molecule has 3 heterocycles. The van der Waals surface area contributed by atoms with Gasteiger partial charge in [0, 0.05) is 32.1 Å². The van der Waals surface area contributed by atoms with Crippen molar-refractivity contribution in [2.24, 2.45) is 11.8 Å². The number of carboxylic acid groups (broad SMARTS) is 1. The molecule has 4 atom stereocenters. The van der Waals surface area contributed by atoms with Crippen molar-refractivity contribution in [3.63, 3.8) is 0 Å². The molecule has 3 aliphatic heterocycles. The summed E-state index contributed by atoms with van der Waals surface area (Å²) >= 11 is 0. The predicted molar refractivity (Wildman–Crippen MR) is 74.4 cm³/mol. The second kappa shape index (κ2) is 5.31. The third-order valence-electron chi connectivity index (χ3n) is 5.32. The summed E-state index contributed by atoms with van der Waals surface area (Å²) in [5.74, 6) is -1.26. The molecule has 2 bridgehead atoms. The predicted octanol–water partition coefficient (Wildman–Crippen LogP) is 0.709. The Labute approximate surface area is 124 Å². The minimum Gasteiger partial charge on any atom is -0.481 e. The zero-order chi connectivity index (χ0) is 15.1. The summed E-state index contributed by atoms with van der Waals surface area (Å²) in [7, 11) is 0. The smallest absolute Gasteiger partial charge is 0.308 e. The molecule has 0 spiro atoms. The van der Waals surface area contributed by atoms with Crippen molar-refractivity contribution in [2.75, 3.05) is 13.1 Å². The third kappa shape index (κ3) is 2.40. The van der Waals surface area contributed by atoms with E-state index < -0.39 is 11.9 Å². The number of piperidine rings is 1. The number of hydrogen-bond donors (Lipinski definition) is 1. The minimum atomic E-state index is -0.783. The zero-order valence-corrected chi connectivity index (χ0v) is 12.3. The molecule has 0 saturated carbocycles. The molecule has 0 aromatic rings. The first-order valence-electron chi connectivity index (χ1n) is 7.79. The Hall–Kier alpha value is -1.59. The molecule has 0 aliphatic carbocycles. The largest absolute Gasteiger partial charge is 0.481 e. The van der Waals surface area contributed by atoms with E-state index in [0.29, 0.717) is 13.0 Å². The van der Waals surface area contributed by atoms with Crippen molar-refractivity contribution < 1.29 is 19.5 Å². The summed E-state index contributed by atoms with van der Waals surface area (Å²) in [5, 5.41) is 9.27. The highest BCUT2D eigenvalue weighted by molar-refractivity contribution is 5.83. The van der Waals surface area contributed by atoms with E-state index >= 15 is 0 Å². The fourth-order valence-electron chi connectivity index (χ4n) is 4.27. The third-order valence-corrected chi connectivity index (χ3v) is 5.32. The number of aliphatic carboxylic acids is 1. The van der Waals surface area contributed by atoms with Crippen molar-refractivity contribution >= 4 is 17.8 Å². The van der Waals surface area contributed by atoms with Crippen molar-refractivity contribution in [2.45, 2.75) is 51.1 Å². The first kappa shape index (κ1) is 14.4. The van der Waals surface area contributed by atoms with Gasteiger partial charge < -0.3 is 14.9 Å². The molecular weight excluding hydrogens is 272 g/mol. The maximum atomic E-state index is 12.8. The Balaban J connectivity index is 1.71. The van der Waals surface area contributed by atoms with Gasteiger partial charge in [-0.25, -0.2) is 0 Å². The van der Waals surface area contributed by atoms with Crippen molar-refractivity contribution in [1.29, 1.82) is 0 Å². The highest BCUT2D eigenvalue weighted by Gasteiger charge is 2.52. The summed E-state index contributed by atoms with van der Waals surface area (Å²) in [4.78, 5) is 39.1. The van der Waals surface area contributed by atoms with Crippen LogP contribution < -0.4 is 0 Å². The van der Waals surface area contributed by atoms with E-state index in [1.54, 1.807) is 4.90 Å². The van der Waals surface area contributed by atoms with Crippen LogP contribution in [-0.4, -0.2) is 57.9 Å². The molecule has 6 heteroatoms. The molecule has 4 unspecified atom stereocenters. The number of rotatable bonds is 2. The number of hydrogen-bond acceptors (Lipinski definition) is 3. The van der Waals surface area contributed by atoms with E-state index in [4.69, 9.17) is 0 Å². The standard InChI is InChI=1S/C15H22N2O4/c1-9(18)16-6-2-3-10(8-16)14(19)17-11-4-5-13(17)12(7-11)15(20)21/h10-13H,2-8H2,1H3,(H,20,21). The van der Waals surface area contributed by atoms with Gasteiger partial charge in [-0.15, -0.1) is 0 Å². The van der Waals surface area contributed by atoms with E-state index in [0.717, 1.165) is 32.2 Å². The van der Waals surface area contributed by atoms with Crippen molar-refractivity contribution in [3.05, 3.63) is 0 Å². The topological polar surface area (TPSA) is 77.9 Å². The Morgan fingerprint density at radius 3 is 2.52 bits per heavy atom. The maximum Gasteiger partial charge on any atom is 0.308 e. The number of carboxylic acids is 1. The first-order chi connectivity index (χ1) is 9.99. The molecular formula is C15H22N2O4. The average Bonchev–Trinajstić information content (AvgIpc) is 3.04. The maximum absolute atomic E-state index is 12.8. The van der Waals surface area contributed by atoms with E-state index in [9.17, 15) is 19.5 Å². The van der Waals surface area contributed by atoms with Gasteiger partial charge in [-0.05, 0) is 32.1 Å². The SMILES string of the molecule is CC(=O)N1CCCC(C(=O)N2C3CCC2C(C(=O)O)C3)C1. The van der Waals surface area contributed by atoms with Crippen LogP contribution in [0.15, 0.2) is 0 Å². The van der Waals surface area contributed by atoms with Crippen molar-refractivity contribution in [3.8, 4) is 0 Å². The molecule has 6 nitrogen and oxygen atoms in total. The van der Waals surface area contributed by atoms with Gasteiger partial charge in [0.15, 0.2) is 0 Å². The van der Waals surface area contributed by atoms with E-state index in [1.807, 2.05) is 4.90 Å². The van der Waals surface area contributed by atoms with Crippen LogP contribution in [0.1, 0.15) is 39.0 Å². The lowest BCUT2D eigenvalue weighted by Gasteiger charge is -2.35. The zero-order valence-electron chi connectivity index (χ0n) is 12.3. The van der Waals surface area contributed by atoms with E-state index in [1.165, 1.54) is 6.92 Å². The van der Waals surface area contributed by atoms with Crippen LogP contribution in [0.4, 0.5) is 0 Å². The lowest BCUT2D eigenvalue weighted by molar-refractivity contribution is -0.144. The molecule has 0 radical (unpaired) electrons. The normalized spacial score (nSPS) is 35.1. The second-order valence-electron chi connectivity index (χ2n) is 6.53. The van der Waals surface area contributed by atoms with Gasteiger partial charge in [0.1, 0.15) is 0 Å². The number of carbonyl (C=O) groups is 3. The first-order valence-corrected chi connectivity index (χ1v) is 7.79. The molecule has 0 aromatic carbocycles. The fraction of sp³-hybridized carbons (Fsp3) is 0.800. The summed E-state index contributed by atoms with van der Waals surface area (Å²) < 4.78 is 0. The molecule has 1 N–H and O–H groups in total. The molecule has 116 valence electrons. The fourth-order valence-corrected chi connectivity index (χ4v) is 4.27. The van der Waals surface area contributed by atoms with Crippen LogP contribution in [0.3, 0.4) is 0 Å². The van der Waals surface area contributed by atoms with Crippen LogP contribution in [0.5, 0.6) is 0 Å². The monoisotopic (exact) mass is 294 g/mol. The molecule has 3 saturated heterocycles. The Morgan fingerprint density at radius 2 is 1.90 bits per heavy atom. The van der Waals surface area contributed by atoms with Crippen LogP contribution in [-0.2, 0) is 14.4 Å². The molecule has 0 aromatic heterocycles. The van der Waals surface area contributed by atoms with Gasteiger partial charge in [0.05, 0.1) is 11.8 Å². The Kier molecular flexibility index (Phi) is 3.63. The molecule has 2 amide bonds.